The topological polar surface area (TPSA) is 79.3 Å². The Morgan fingerprint density at radius 3 is 1.73 bits per heavy atom. The first kappa shape index (κ1) is 25.5. The van der Waals surface area contributed by atoms with Gasteiger partial charge in [0.25, 0.3) is 0 Å². The molecule has 1 N–H and O–H groups in total. The van der Waals surface area contributed by atoms with Gasteiger partial charge in [0, 0.05) is 13.1 Å². The van der Waals surface area contributed by atoms with Gasteiger partial charge in [0.15, 0.2) is 0 Å². The Morgan fingerprint density at radius 2 is 1.24 bits per heavy atom. The third kappa shape index (κ3) is 4.50. The number of phenolic OH excluding ortho intramolecular Hbond substituents is 1. The molecular weight excluding hydrogens is 420 g/mol. The van der Waals surface area contributed by atoms with Crippen LogP contribution in [0.25, 0.3) is 0 Å². The summed E-state index contributed by atoms with van der Waals surface area (Å²) in [7, 11) is 0. The van der Waals surface area contributed by atoms with Crippen LogP contribution in [-0.4, -0.2) is 51.3 Å². The maximum Gasteiger partial charge on any atom is 0.361 e. The van der Waals surface area contributed by atoms with Crippen molar-refractivity contribution in [1.29, 1.82) is 0 Å². The van der Waals surface area contributed by atoms with E-state index in [1.165, 1.54) is 18.2 Å². The first-order valence-corrected chi connectivity index (χ1v) is 11.9. The molecular formula is C26H40N2O5. The predicted octanol–water partition coefficient (Wildman–Crippen LogP) is 5.34. The van der Waals surface area contributed by atoms with Gasteiger partial charge in [0.1, 0.15) is 11.3 Å². The number of hydroxylamine groups is 4. The summed E-state index contributed by atoms with van der Waals surface area (Å²) >= 11 is 0. The second-order valence-corrected chi connectivity index (χ2v) is 11.8. The van der Waals surface area contributed by atoms with Gasteiger partial charge in [0.05, 0.1) is 16.6 Å². The largest absolute Gasteiger partial charge is 0.507 e. The molecule has 33 heavy (non-hydrogen) atoms. The van der Waals surface area contributed by atoms with Gasteiger partial charge in [-0.2, -0.15) is 0 Å². The van der Waals surface area contributed by atoms with Crippen LogP contribution in [0, 0.1) is 10.8 Å². The van der Waals surface area contributed by atoms with E-state index in [0.717, 1.165) is 25.7 Å². The van der Waals surface area contributed by atoms with Crippen LogP contribution in [0.15, 0.2) is 18.2 Å². The summed E-state index contributed by atoms with van der Waals surface area (Å²) in [5, 5.41) is 13.9. The summed E-state index contributed by atoms with van der Waals surface area (Å²) in [6, 6.07) is 4.40. The second kappa shape index (κ2) is 8.58. The molecule has 0 aromatic heterocycles. The van der Waals surface area contributed by atoms with E-state index < -0.39 is 17.5 Å². The number of carbonyl (C=O) groups excluding carboxylic acids is 2. The van der Waals surface area contributed by atoms with Crippen LogP contribution in [0.5, 0.6) is 5.75 Å². The van der Waals surface area contributed by atoms with Crippen LogP contribution in [0.3, 0.4) is 0 Å². The molecule has 2 saturated heterocycles. The molecule has 0 bridgehead atoms. The number of rotatable bonds is 4. The van der Waals surface area contributed by atoms with E-state index in [2.05, 4.69) is 41.5 Å². The Morgan fingerprint density at radius 1 is 0.788 bits per heavy atom. The number of hydrogen-bond donors (Lipinski definition) is 1. The number of carbonyl (C=O) groups is 2. The summed E-state index contributed by atoms with van der Waals surface area (Å²) in [6.45, 7) is 18.0. The smallest absolute Gasteiger partial charge is 0.361 e. The average Bonchev–Trinajstić information content (AvgIpc) is 2.69. The number of hydrogen-bond acceptors (Lipinski definition) is 7. The molecule has 2 aliphatic rings. The Hall–Kier alpha value is -2.12. The maximum atomic E-state index is 13.2. The number of piperidine rings is 2. The van der Waals surface area contributed by atoms with Crippen molar-refractivity contribution < 1.29 is 24.4 Å². The lowest BCUT2D eigenvalue weighted by Crippen LogP contribution is -2.58. The molecule has 7 nitrogen and oxygen atoms in total. The van der Waals surface area contributed by atoms with Gasteiger partial charge in [-0.05, 0) is 76.3 Å². The van der Waals surface area contributed by atoms with Crippen molar-refractivity contribution in [3.05, 3.63) is 29.3 Å². The molecule has 0 spiro atoms. The molecule has 0 atom stereocenters. The third-order valence-corrected chi connectivity index (χ3v) is 8.74. The minimum atomic E-state index is -0.760. The number of nitrogens with zero attached hydrogens (tertiary/aromatic N) is 2. The Labute approximate surface area is 197 Å². The van der Waals surface area contributed by atoms with Crippen LogP contribution in [0.1, 0.15) is 102 Å². The van der Waals surface area contributed by atoms with E-state index in [0.29, 0.717) is 13.1 Å². The zero-order valence-corrected chi connectivity index (χ0v) is 21.4. The number of phenols is 1. The minimum absolute atomic E-state index is 0.00625. The molecule has 2 fully saturated rings. The molecule has 2 heterocycles. The lowest BCUT2D eigenvalue weighted by atomic mass is 9.69. The van der Waals surface area contributed by atoms with Crippen molar-refractivity contribution in [2.24, 2.45) is 10.8 Å². The molecule has 0 unspecified atom stereocenters. The summed E-state index contributed by atoms with van der Waals surface area (Å²) in [4.78, 5) is 38.0. The van der Waals surface area contributed by atoms with Crippen molar-refractivity contribution in [1.82, 2.24) is 10.1 Å². The van der Waals surface area contributed by atoms with E-state index >= 15 is 0 Å². The molecule has 1 aromatic carbocycles. The summed E-state index contributed by atoms with van der Waals surface area (Å²) < 4.78 is 0. The molecule has 0 aliphatic carbocycles. The number of benzene rings is 1. The fraction of sp³-hybridized carbons (Fsp3) is 0.692. The van der Waals surface area contributed by atoms with E-state index in [9.17, 15) is 14.7 Å². The van der Waals surface area contributed by atoms with Crippen molar-refractivity contribution >= 4 is 11.9 Å². The normalized spacial score (nSPS) is 24.1. The predicted molar refractivity (Wildman–Crippen MR) is 127 cm³/mol. The SMILES string of the molecule is CC1(C)CCCN(OC(=O)c2cccc(O)c2C(=O)ON2CCCC(C)(C)C2(C)C)C1(C)C. The first-order valence-electron chi connectivity index (χ1n) is 11.9. The molecule has 7 heteroatoms. The highest BCUT2D eigenvalue weighted by molar-refractivity contribution is 6.04. The van der Waals surface area contributed by atoms with Crippen LogP contribution in [0.4, 0.5) is 0 Å². The zero-order valence-electron chi connectivity index (χ0n) is 21.4. The highest BCUT2D eigenvalue weighted by atomic mass is 16.7. The van der Waals surface area contributed by atoms with Crippen molar-refractivity contribution in [3.8, 4) is 5.75 Å². The lowest BCUT2D eigenvalue weighted by molar-refractivity contribution is -0.220. The fourth-order valence-electron chi connectivity index (χ4n) is 4.71. The molecule has 3 rings (SSSR count). The highest BCUT2D eigenvalue weighted by Gasteiger charge is 2.48. The van der Waals surface area contributed by atoms with Crippen molar-refractivity contribution in [3.63, 3.8) is 0 Å². The van der Waals surface area contributed by atoms with Crippen molar-refractivity contribution in [2.45, 2.75) is 92.2 Å². The monoisotopic (exact) mass is 460 g/mol. The second-order valence-electron chi connectivity index (χ2n) is 11.8. The molecule has 0 radical (unpaired) electrons. The van der Waals surface area contributed by atoms with Gasteiger partial charge in [-0.3, -0.25) is 0 Å². The first-order chi connectivity index (χ1) is 15.1. The lowest BCUT2D eigenvalue weighted by Gasteiger charge is -2.51. The molecule has 2 aliphatic heterocycles. The summed E-state index contributed by atoms with van der Waals surface area (Å²) in [5.74, 6) is -1.74. The van der Waals surface area contributed by atoms with Gasteiger partial charge < -0.3 is 14.8 Å². The quantitative estimate of drug-likeness (QED) is 0.650. The van der Waals surface area contributed by atoms with Crippen molar-refractivity contribution in [2.75, 3.05) is 13.1 Å². The van der Waals surface area contributed by atoms with E-state index in [-0.39, 0.29) is 33.2 Å². The van der Waals surface area contributed by atoms with Gasteiger partial charge >= 0.3 is 11.9 Å². The summed E-state index contributed by atoms with van der Waals surface area (Å²) in [5.41, 5.74) is -1.10. The Kier molecular flexibility index (Phi) is 6.63. The molecule has 184 valence electrons. The highest BCUT2D eigenvalue weighted by Crippen LogP contribution is 2.45. The molecule has 0 saturated carbocycles. The van der Waals surface area contributed by atoms with E-state index in [4.69, 9.17) is 9.68 Å². The number of aromatic hydroxyl groups is 1. The van der Waals surface area contributed by atoms with Gasteiger partial charge in [-0.15, -0.1) is 10.1 Å². The van der Waals surface area contributed by atoms with Gasteiger partial charge in [-0.1, -0.05) is 33.8 Å². The maximum absolute atomic E-state index is 13.2. The van der Waals surface area contributed by atoms with E-state index in [1.807, 2.05) is 13.8 Å². The molecule has 1 aromatic rings. The van der Waals surface area contributed by atoms with Crippen LogP contribution in [0.2, 0.25) is 0 Å². The average molecular weight is 461 g/mol. The Balaban J connectivity index is 1.86. The van der Waals surface area contributed by atoms with E-state index in [1.54, 1.807) is 10.1 Å². The van der Waals surface area contributed by atoms with Crippen LogP contribution in [-0.2, 0) is 9.68 Å². The summed E-state index contributed by atoms with van der Waals surface area (Å²) in [6.07, 6.45) is 3.83. The molecule has 0 amide bonds. The minimum Gasteiger partial charge on any atom is -0.507 e. The Bertz CT molecular complexity index is 919. The van der Waals surface area contributed by atoms with Gasteiger partial charge in [0.2, 0.25) is 0 Å². The fourth-order valence-corrected chi connectivity index (χ4v) is 4.71. The zero-order chi connectivity index (χ0) is 24.8. The standard InChI is InChI=1S/C26H40N2O5/c1-23(2)14-10-16-27(25(23,5)6)32-21(30)18-12-9-13-19(29)20(18)22(31)33-28-17-11-15-24(3,4)26(28,7)8/h9,12-13,29H,10-11,14-17H2,1-8H3. The van der Waals surface area contributed by atoms with Crippen LogP contribution >= 0.6 is 0 Å². The van der Waals surface area contributed by atoms with Gasteiger partial charge in [-0.25, -0.2) is 9.59 Å². The third-order valence-electron chi connectivity index (χ3n) is 8.74. The van der Waals surface area contributed by atoms with Crippen LogP contribution < -0.4 is 0 Å².